The normalized spacial score (nSPS) is 10.7. The topological polar surface area (TPSA) is 64.7 Å². The molecule has 2 heterocycles. The van der Waals surface area contributed by atoms with Gasteiger partial charge in [-0.25, -0.2) is 9.97 Å². The molecule has 2 aromatic heterocycles. The first-order chi connectivity index (χ1) is 8.84. The van der Waals surface area contributed by atoms with Crippen LogP contribution in [0.2, 0.25) is 0 Å². The lowest BCUT2D eigenvalue weighted by molar-refractivity contribution is 0.967. The van der Waals surface area contributed by atoms with Gasteiger partial charge < -0.3 is 5.73 Å². The largest absolute Gasteiger partial charge is 0.397 e. The summed E-state index contributed by atoms with van der Waals surface area (Å²) in [5.74, 6) is 0. The van der Waals surface area contributed by atoms with Crippen LogP contribution >= 0.6 is 11.8 Å². The monoisotopic (exact) mass is 254 g/mol. The molecule has 2 N–H and O–H groups in total. The summed E-state index contributed by atoms with van der Waals surface area (Å²) in [5.41, 5.74) is 7.42. The Hall–Kier alpha value is -2.14. The zero-order valence-electron chi connectivity index (χ0n) is 9.45. The van der Waals surface area contributed by atoms with Crippen LogP contribution in [-0.2, 0) is 0 Å². The molecule has 0 amide bonds. The van der Waals surface area contributed by atoms with Crippen LogP contribution in [0.3, 0.4) is 0 Å². The zero-order valence-corrected chi connectivity index (χ0v) is 10.3. The van der Waals surface area contributed by atoms with Crippen molar-refractivity contribution in [2.75, 3.05) is 5.73 Å². The first-order valence-corrected chi connectivity index (χ1v) is 6.24. The molecule has 4 nitrogen and oxygen atoms in total. The summed E-state index contributed by atoms with van der Waals surface area (Å²) in [5, 5.41) is 1.74. The number of rotatable bonds is 2. The lowest BCUT2D eigenvalue weighted by Gasteiger charge is -2.06. The average Bonchev–Trinajstić information content (AvgIpc) is 2.44. The highest BCUT2D eigenvalue weighted by molar-refractivity contribution is 7.99. The van der Waals surface area contributed by atoms with E-state index in [0.717, 1.165) is 15.8 Å². The van der Waals surface area contributed by atoms with Crippen molar-refractivity contribution in [3.8, 4) is 0 Å². The molecule has 0 aliphatic rings. The Morgan fingerprint density at radius 2 is 1.67 bits per heavy atom. The summed E-state index contributed by atoms with van der Waals surface area (Å²) < 4.78 is 0. The van der Waals surface area contributed by atoms with Gasteiger partial charge in [0.15, 0.2) is 5.16 Å². The van der Waals surface area contributed by atoms with Crippen LogP contribution in [0.1, 0.15) is 0 Å². The molecule has 0 unspecified atom stereocenters. The molecule has 3 aromatic rings. The van der Waals surface area contributed by atoms with Crippen molar-refractivity contribution in [3.63, 3.8) is 0 Å². The second-order valence-corrected chi connectivity index (χ2v) is 4.70. The van der Waals surface area contributed by atoms with E-state index in [9.17, 15) is 0 Å². The van der Waals surface area contributed by atoms with Gasteiger partial charge in [-0.1, -0.05) is 6.07 Å². The minimum atomic E-state index is 0.684. The van der Waals surface area contributed by atoms with E-state index in [1.54, 1.807) is 24.7 Å². The Kier molecular flexibility index (Phi) is 2.82. The van der Waals surface area contributed by atoms with Crippen LogP contribution < -0.4 is 5.73 Å². The van der Waals surface area contributed by atoms with Crippen molar-refractivity contribution in [2.45, 2.75) is 10.1 Å². The highest BCUT2D eigenvalue weighted by atomic mass is 32.2. The van der Waals surface area contributed by atoms with E-state index >= 15 is 0 Å². The third kappa shape index (κ3) is 2.00. The van der Waals surface area contributed by atoms with E-state index in [0.29, 0.717) is 10.8 Å². The molecule has 3 rings (SSSR count). The molecule has 0 atom stereocenters. The molecular formula is C13H10N4S. The number of pyridine rings is 1. The Morgan fingerprint density at radius 3 is 2.50 bits per heavy atom. The Morgan fingerprint density at radius 1 is 0.889 bits per heavy atom. The summed E-state index contributed by atoms with van der Waals surface area (Å²) in [6.45, 7) is 0. The molecule has 1 aromatic carbocycles. The minimum Gasteiger partial charge on any atom is -0.397 e. The predicted octanol–water partition coefficient (Wildman–Crippen LogP) is 2.76. The van der Waals surface area contributed by atoms with Crippen molar-refractivity contribution < 1.29 is 0 Å². The summed E-state index contributed by atoms with van der Waals surface area (Å²) in [7, 11) is 0. The number of hydrogen-bond acceptors (Lipinski definition) is 5. The van der Waals surface area contributed by atoms with Gasteiger partial charge in [0.1, 0.15) is 0 Å². The van der Waals surface area contributed by atoms with Crippen LogP contribution in [-0.4, -0.2) is 15.0 Å². The molecule has 5 heteroatoms. The number of anilines is 1. The highest BCUT2D eigenvalue weighted by Crippen LogP contribution is 2.32. The van der Waals surface area contributed by atoms with Crippen LogP contribution in [0.4, 0.5) is 5.69 Å². The van der Waals surface area contributed by atoms with Gasteiger partial charge in [0, 0.05) is 28.9 Å². The van der Waals surface area contributed by atoms with Crippen LogP contribution in [0.5, 0.6) is 0 Å². The number of benzene rings is 1. The van der Waals surface area contributed by atoms with Gasteiger partial charge in [0.2, 0.25) is 0 Å². The summed E-state index contributed by atoms with van der Waals surface area (Å²) in [6, 6.07) is 9.54. The molecule has 0 saturated carbocycles. The predicted molar refractivity (Wildman–Crippen MR) is 72.3 cm³/mol. The molecule has 18 heavy (non-hydrogen) atoms. The van der Waals surface area contributed by atoms with E-state index in [1.807, 2.05) is 24.3 Å². The van der Waals surface area contributed by atoms with Crippen molar-refractivity contribution in [3.05, 3.63) is 48.9 Å². The maximum absolute atomic E-state index is 5.92. The maximum Gasteiger partial charge on any atom is 0.192 e. The molecule has 0 aliphatic carbocycles. The molecule has 88 valence electrons. The average molecular weight is 254 g/mol. The van der Waals surface area contributed by atoms with E-state index in [1.165, 1.54) is 11.8 Å². The lowest BCUT2D eigenvalue weighted by Crippen LogP contribution is -1.91. The molecular weight excluding hydrogens is 244 g/mol. The van der Waals surface area contributed by atoms with Crippen molar-refractivity contribution >= 4 is 28.4 Å². The van der Waals surface area contributed by atoms with E-state index in [-0.39, 0.29) is 0 Å². The number of fused-ring (bicyclic) bond motifs is 1. The first-order valence-electron chi connectivity index (χ1n) is 5.43. The Labute approximate surface area is 108 Å². The van der Waals surface area contributed by atoms with Crippen LogP contribution in [0.25, 0.3) is 10.9 Å². The van der Waals surface area contributed by atoms with E-state index < -0.39 is 0 Å². The molecule has 0 aliphatic heterocycles. The Bertz CT molecular complexity index is 685. The molecule has 0 bridgehead atoms. The van der Waals surface area contributed by atoms with Gasteiger partial charge >= 0.3 is 0 Å². The van der Waals surface area contributed by atoms with Crippen LogP contribution in [0.15, 0.2) is 59.0 Å². The zero-order chi connectivity index (χ0) is 12.4. The minimum absolute atomic E-state index is 0.684. The maximum atomic E-state index is 5.92. The molecule has 0 radical (unpaired) electrons. The summed E-state index contributed by atoms with van der Waals surface area (Å²) in [6.07, 6.45) is 5.20. The molecule has 0 spiro atoms. The van der Waals surface area contributed by atoms with Gasteiger partial charge in [-0.05, 0) is 36.0 Å². The standard InChI is InChI=1S/C13H10N4S/c14-10-4-5-11(9-3-1-6-15-12(9)10)18-13-16-7-2-8-17-13/h1-8H,14H2. The summed E-state index contributed by atoms with van der Waals surface area (Å²) >= 11 is 1.51. The second-order valence-electron chi connectivity index (χ2n) is 3.69. The van der Waals surface area contributed by atoms with Gasteiger partial charge in [0.05, 0.1) is 11.2 Å². The van der Waals surface area contributed by atoms with E-state index in [2.05, 4.69) is 15.0 Å². The number of nitrogen functional groups attached to an aromatic ring is 1. The van der Waals surface area contributed by atoms with Gasteiger partial charge in [-0.2, -0.15) is 0 Å². The molecule has 0 fully saturated rings. The van der Waals surface area contributed by atoms with Crippen molar-refractivity contribution in [1.82, 2.24) is 15.0 Å². The van der Waals surface area contributed by atoms with E-state index in [4.69, 9.17) is 5.73 Å². The van der Waals surface area contributed by atoms with Gasteiger partial charge in [-0.3, -0.25) is 4.98 Å². The van der Waals surface area contributed by atoms with Crippen molar-refractivity contribution in [2.24, 2.45) is 0 Å². The SMILES string of the molecule is Nc1ccc(Sc2ncccn2)c2cccnc12. The molecule has 0 saturated heterocycles. The van der Waals surface area contributed by atoms with Crippen molar-refractivity contribution in [1.29, 1.82) is 0 Å². The fourth-order valence-corrected chi connectivity index (χ4v) is 2.53. The first kappa shape index (κ1) is 11.0. The third-order valence-corrected chi connectivity index (χ3v) is 3.47. The fourth-order valence-electron chi connectivity index (χ4n) is 1.69. The number of nitrogens with zero attached hydrogens (tertiary/aromatic N) is 3. The fraction of sp³-hybridized carbons (Fsp3) is 0. The van der Waals surface area contributed by atoms with Gasteiger partial charge in [0.25, 0.3) is 0 Å². The number of nitrogens with two attached hydrogens (primary N) is 1. The third-order valence-electron chi connectivity index (χ3n) is 2.50. The summed E-state index contributed by atoms with van der Waals surface area (Å²) in [4.78, 5) is 13.8. The van der Waals surface area contributed by atoms with Crippen LogP contribution in [0, 0.1) is 0 Å². The number of hydrogen-bond donors (Lipinski definition) is 1. The van der Waals surface area contributed by atoms with Gasteiger partial charge in [-0.15, -0.1) is 0 Å². The quantitative estimate of drug-likeness (QED) is 0.562. The smallest absolute Gasteiger partial charge is 0.192 e. The number of aromatic nitrogens is 3. The lowest BCUT2D eigenvalue weighted by atomic mass is 10.2. The Balaban J connectivity index is 2.10. The second kappa shape index (κ2) is 4.62. The highest BCUT2D eigenvalue weighted by Gasteiger charge is 2.07.